The molecule has 0 fully saturated rings. The molecule has 6 nitrogen and oxygen atoms in total. The Morgan fingerprint density at radius 1 is 1.42 bits per heavy atom. The van der Waals surface area contributed by atoms with Crippen molar-refractivity contribution in [2.75, 3.05) is 0 Å². The third-order valence-electron chi connectivity index (χ3n) is 2.46. The fourth-order valence-corrected chi connectivity index (χ4v) is 2.16. The summed E-state index contributed by atoms with van der Waals surface area (Å²) in [5.41, 5.74) is 0.371. The predicted molar refractivity (Wildman–Crippen MR) is 68.5 cm³/mol. The lowest BCUT2D eigenvalue weighted by Crippen LogP contribution is -2.15. The van der Waals surface area contributed by atoms with Gasteiger partial charge in [0.2, 0.25) is 5.82 Å². The van der Waals surface area contributed by atoms with Crippen molar-refractivity contribution in [1.29, 1.82) is 0 Å². The first-order chi connectivity index (χ1) is 9.08. The molecule has 2 rings (SSSR count). The van der Waals surface area contributed by atoms with E-state index in [1.165, 1.54) is 12.1 Å². The number of thiazole rings is 1. The number of hydrogen-bond acceptors (Lipinski definition) is 5. The summed E-state index contributed by atoms with van der Waals surface area (Å²) in [6.45, 7) is 0.506. The number of halogens is 1. The second-order valence-electron chi connectivity index (χ2n) is 3.78. The van der Waals surface area contributed by atoms with Crippen LogP contribution in [0.25, 0.3) is 0 Å². The molecule has 0 radical (unpaired) electrons. The minimum absolute atomic E-state index is 0.144. The third kappa shape index (κ3) is 3.24. The van der Waals surface area contributed by atoms with E-state index in [0.29, 0.717) is 12.2 Å². The number of nitrogens with one attached hydrogen (secondary N) is 2. The molecule has 0 saturated carbocycles. The van der Waals surface area contributed by atoms with Gasteiger partial charge in [-0.25, -0.2) is 0 Å². The fourth-order valence-electron chi connectivity index (χ4n) is 1.58. The van der Waals surface area contributed by atoms with Crippen LogP contribution in [0.5, 0.6) is 0 Å². The smallest absolute Gasteiger partial charge is 0.305 e. The van der Waals surface area contributed by atoms with Gasteiger partial charge in [0.25, 0.3) is 0 Å². The molecular formula is C11H10FN3O3S. The van der Waals surface area contributed by atoms with Crippen molar-refractivity contribution in [3.8, 4) is 0 Å². The summed E-state index contributed by atoms with van der Waals surface area (Å²) in [5, 5.41) is 15.2. The number of aromatic nitrogens is 1. The maximum Gasteiger partial charge on any atom is 0.305 e. The van der Waals surface area contributed by atoms with E-state index in [1.807, 2.05) is 0 Å². The number of nitro groups is 1. The van der Waals surface area contributed by atoms with Gasteiger partial charge in [-0.1, -0.05) is 23.5 Å². The Morgan fingerprint density at radius 3 is 2.84 bits per heavy atom. The van der Waals surface area contributed by atoms with Crippen molar-refractivity contribution < 1.29 is 9.31 Å². The monoisotopic (exact) mass is 283 g/mol. The Bertz CT molecular complexity index is 653. The van der Waals surface area contributed by atoms with Crippen LogP contribution in [0.3, 0.4) is 0 Å². The van der Waals surface area contributed by atoms with Gasteiger partial charge in [0.1, 0.15) is 0 Å². The highest BCUT2D eigenvalue weighted by atomic mass is 32.1. The average Bonchev–Trinajstić information content (AvgIpc) is 2.77. The Hall–Kier alpha value is -2.06. The van der Waals surface area contributed by atoms with E-state index < -0.39 is 16.4 Å². The van der Waals surface area contributed by atoms with Crippen molar-refractivity contribution >= 4 is 17.0 Å². The molecule has 1 aromatic carbocycles. The molecule has 2 aromatic rings. The summed E-state index contributed by atoms with van der Waals surface area (Å²) >= 11 is 1.05. The average molecular weight is 283 g/mol. The number of rotatable bonds is 5. The van der Waals surface area contributed by atoms with E-state index >= 15 is 0 Å². The van der Waals surface area contributed by atoms with Crippen molar-refractivity contribution in [2.45, 2.75) is 13.1 Å². The quantitative estimate of drug-likeness (QED) is 0.646. The van der Waals surface area contributed by atoms with Gasteiger partial charge in [-0.3, -0.25) is 14.9 Å². The first kappa shape index (κ1) is 13.4. The molecule has 0 amide bonds. The van der Waals surface area contributed by atoms with Gasteiger partial charge >= 0.3 is 10.6 Å². The van der Waals surface area contributed by atoms with Crippen molar-refractivity contribution in [3.05, 3.63) is 60.4 Å². The standard InChI is InChI=1S/C11H10FN3O3S/c12-10-7(2-1-3-9(10)15(17)18)4-13-5-8-6-19-11(16)14-8/h1-3,6,13H,4-5H2,(H,14,16). The van der Waals surface area contributed by atoms with E-state index in [-0.39, 0.29) is 17.0 Å². The molecule has 0 aliphatic rings. The molecule has 0 unspecified atom stereocenters. The number of H-pyrrole nitrogens is 1. The van der Waals surface area contributed by atoms with E-state index in [2.05, 4.69) is 10.3 Å². The Kier molecular flexibility index (Phi) is 4.03. The molecule has 2 N–H and O–H groups in total. The van der Waals surface area contributed by atoms with Gasteiger partial charge in [-0.2, -0.15) is 4.39 Å². The minimum atomic E-state index is -0.834. The van der Waals surface area contributed by atoms with E-state index in [0.717, 1.165) is 17.4 Å². The van der Waals surface area contributed by atoms with Crippen LogP contribution in [0.4, 0.5) is 10.1 Å². The third-order valence-corrected chi connectivity index (χ3v) is 3.18. The molecule has 100 valence electrons. The molecule has 0 saturated heterocycles. The maximum atomic E-state index is 13.7. The van der Waals surface area contributed by atoms with Crippen LogP contribution < -0.4 is 10.2 Å². The summed E-state index contributed by atoms with van der Waals surface area (Å²) in [4.78, 5) is 23.2. The molecule has 0 aliphatic heterocycles. The first-order valence-corrected chi connectivity index (χ1v) is 6.25. The van der Waals surface area contributed by atoms with Crippen molar-refractivity contribution in [2.24, 2.45) is 0 Å². The van der Waals surface area contributed by atoms with Gasteiger partial charge in [0.15, 0.2) is 0 Å². The van der Waals surface area contributed by atoms with Crippen molar-refractivity contribution in [3.63, 3.8) is 0 Å². The molecule has 1 heterocycles. The van der Waals surface area contributed by atoms with Gasteiger partial charge in [-0.05, 0) is 0 Å². The Labute approximate surface area is 111 Å². The number of nitrogens with zero attached hydrogens (tertiary/aromatic N) is 1. The van der Waals surface area contributed by atoms with Crippen LogP contribution in [-0.2, 0) is 13.1 Å². The molecule has 0 atom stereocenters. The lowest BCUT2D eigenvalue weighted by atomic mass is 10.2. The fraction of sp³-hybridized carbons (Fsp3) is 0.182. The minimum Gasteiger partial charge on any atom is -0.315 e. The highest BCUT2D eigenvalue weighted by Crippen LogP contribution is 2.19. The SMILES string of the molecule is O=c1[nH]c(CNCc2cccc([N+](=O)[O-])c2F)cs1. The summed E-state index contributed by atoms with van der Waals surface area (Å²) in [7, 11) is 0. The highest BCUT2D eigenvalue weighted by Gasteiger charge is 2.16. The van der Waals surface area contributed by atoms with E-state index in [4.69, 9.17) is 0 Å². The summed E-state index contributed by atoms with van der Waals surface area (Å²) < 4.78 is 13.7. The lowest BCUT2D eigenvalue weighted by Gasteiger charge is -2.05. The van der Waals surface area contributed by atoms with Crippen LogP contribution in [0.15, 0.2) is 28.4 Å². The highest BCUT2D eigenvalue weighted by molar-refractivity contribution is 7.07. The van der Waals surface area contributed by atoms with Crippen LogP contribution in [0.1, 0.15) is 11.3 Å². The number of aromatic amines is 1. The van der Waals surface area contributed by atoms with E-state index in [1.54, 1.807) is 5.38 Å². The van der Waals surface area contributed by atoms with Gasteiger partial charge in [0.05, 0.1) is 4.92 Å². The van der Waals surface area contributed by atoms with Gasteiger partial charge in [-0.15, -0.1) is 0 Å². The molecular weight excluding hydrogens is 273 g/mol. The topological polar surface area (TPSA) is 88.0 Å². The lowest BCUT2D eigenvalue weighted by molar-refractivity contribution is -0.387. The zero-order valence-electron chi connectivity index (χ0n) is 9.68. The van der Waals surface area contributed by atoms with Crippen molar-refractivity contribution in [1.82, 2.24) is 10.3 Å². The molecule has 0 aliphatic carbocycles. The predicted octanol–water partition coefficient (Wildman–Crippen LogP) is 1.77. The molecule has 19 heavy (non-hydrogen) atoms. The van der Waals surface area contributed by atoms with Crippen LogP contribution in [0.2, 0.25) is 0 Å². The largest absolute Gasteiger partial charge is 0.315 e. The second-order valence-corrected chi connectivity index (χ2v) is 4.63. The summed E-state index contributed by atoms with van der Waals surface area (Å²) in [5.74, 6) is -0.834. The number of benzene rings is 1. The second kappa shape index (κ2) is 5.72. The van der Waals surface area contributed by atoms with E-state index in [9.17, 15) is 19.3 Å². The van der Waals surface area contributed by atoms with Crippen LogP contribution in [0, 0.1) is 15.9 Å². The van der Waals surface area contributed by atoms with Gasteiger partial charge in [0, 0.05) is 35.8 Å². The molecule has 0 bridgehead atoms. The summed E-state index contributed by atoms with van der Waals surface area (Å²) in [6, 6.07) is 4.03. The molecule has 1 aromatic heterocycles. The van der Waals surface area contributed by atoms with Crippen LogP contribution >= 0.6 is 11.3 Å². The van der Waals surface area contributed by atoms with Gasteiger partial charge < -0.3 is 10.3 Å². The molecule has 0 spiro atoms. The number of nitro benzene ring substituents is 1. The Balaban J connectivity index is 2.02. The zero-order chi connectivity index (χ0) is 13.8. The first-order valence-electron chi connectivity index (χ1n) is 5.37. The molecule has 8 heteroatoms. The normalized spacial score (nSPS) is 10.6. The van der Waals surface area contributed by atoms with Crippen LogP contribution in [-0.4, -0.2) is 9.91 Å². The number of hydrogen-bond donors (Lipinski definition) is 2. The summed E-state index contributed by atoms with van der Waals surface area (Å²) in [6.07, 6.45) is 0. The zero-order valence-corrected chi connectivity index (χ0v) is 10.5. The maximum absolute atomic E-state index is 13.7. The Morgan fingerprint density at radius 2 is 2.21 bits per heavy atom.